The molecule has 1 aromatic rings. The Labute approximate surface area is 114 Å². The highest BCUT2D eigenvalue weighted by molar-refractivity contribution is 7.51. The molecule has 114 valence electrons. The fourth-order valence-corrected chi connectivity index (χ4v) is 1.92. The van der Waals surface area contributed by atoms with Crippen molar-refractivity contribution in [2.45, 2.75) is 19.6 Å². The Bertz CT molecular complexity index is 602. The maximum atomic E-state index is 11.6. The normalized spacial score (nSPS) is 13.4. The van der Waals surface area contributed by atoms with Crippen molar-refractivity contribution in [3.05, 3.63) is 32.6 Å². The van der Waals surface area contributed by atoms with Crippen LogP contribution in [-0.4, -0.2) is 45.5 Å². The molecule has 0 saturated heterocycles. The number of ether oxygens (including phenoxy) is 2. The lowest BCUT2D eigenvalue weighted by Gasteiger charge is -2.18. The minimum Gasteiger partial charge on any atom is -0.382 e. The zero-order valence-corrected chi connectivity index (χ0v) is 12.0. The van der Waals surface area contributed by atoms with Gasteiger partial charge >= 0.3 is 13.3 Å². The lowest BCUT2D eigenvalue weighted by atomic mass is 10.3. The van der Waals surface area contributed by atoms with Crippen LogP contribution in [0.25, 0.3) is 0 Å². The Morgan fingerprint density at radius 3 is 2.65 bits per heavy atom. The smallest absolute Gasteiger partial charge is 0.350 e. The van der Waals surface area contributed by atoms with Crippen molar-refractivity contribution in [2.24, 2.45) is 0 Å². The van der Waals surface area contributed by atoms with E-state index in [-0.39, 0.29) is 13.2 Å². The minimum atomic E-state index is -4.30. The van der Waals surface area contributed by atoms with Gasteiger partial charge in [-0.2, -0.15) is 0 Å². The molecule has 0 saturated carbocycles. The molecule has 1 heterocycles. The first-order chi connectivity index (χ1) is 9.23. The van der Waals surface area contributed by atoms with Crippen molar-refractivity contribution in [2.75, 3.05) is 20.1 Å². The first kappa shape index (κ1) is 16.8. The first-order valence-corrected chi connectivity index (χ1v) is 7.48. The van der Waals surface area contributed by atoms with Crippen LogP contribution in [0.1, 0.15) is 5.56 Å². The molecule has 0 bridgehead atoms. The van der Waals surface area contributed by atoms with E-state index in [1.165, 1.54) is 24.8 Å². The Morgan fingerprint density at radius 1 is 1.45 bits per heavy atom. The summed E-state index contributed by atoms with van der Waals surface area (Å²) in [7, 11) is -2.90. The lowest BCUT2D eigenvalue weighted by molar-refractivity contribution is 0.00289. The summed E-state index contributed by atoms with van der Waals surface area (Å²) in [6, 6.07) is 0. The third-order valence-corrected chi connectivity index (χ3v) is 2.91. The third kappa shape index (κ3) is 5.40. The molecule has 0 aliphatic carbocycles. The summed E-state index contributed by atoms with van der Waals surface area (Å²) in [5, 5.41) is 0. The van der Waals surface area contributed by atoms with Crippen LogP contribution >= 0.6 is 7.60 Å². The molecule has 0 radical (unpaired) electrons. The number of aromatic nitrogens is 2. The van der Waals surface area contributed by atoms with E-state index in [4.69, 9.17) is 19.3 Å². The van der Waals surface area contributed by atoms with Crippen LogP contribution in [0.4, 0.5) is 0 Å². The van der Waals surface area contributed by atoms with Gasteiger partial charge in [-0.15, -0.1) is 0 Å². The molecule has 1 atom stereocenters. The van der Waals surface area contributed by atoms with Crippen LogP contribution in [0.2, 0.25) is 0 Å². The second-order valence-corrected chi connectivity index (χ2v) is 5.85. The van der Waals surface area contributed by atoms with E-state index in [0.717, 1.165) is 0 Å². The van der Waals surface area contributed by atoms with Gasteiger partial charge in [-0.25, -0.2) is 4.79 Å². The standard InChI is InChI=1S/C10H17N2O7P/c1-7-3-12(10(14)11-9(7)13)4-8(5-18-2)19-6-20(15,16)17/h3,8H,4-6H2,1-2H3,(H,11,13,14)(H2,15,16,17)/t8-/m1/s1. The molecule has 0 spiro atoms. The van der Waals surface area contributed by atoms with E-state index in [1.54, 1.807) is 0 Å². The van der Waals surface area contributed by atoms with Gasteiger partial charge in [-0.1, -0.05) is 0 Å². The summed E-state index contributed by atoms with van der Waals surface area (Å²) in [4.78, 5) is 42.5. The second kappa shape index (κ2) is 6.96. The number of H-pyrrole nitrogens is 1. The average molecular weight is 308 g/mol. The van der Waals surface area contributed by atoms with Crippen molar-refractivity contribution < 1.29 is 23.8 Å². The first-order valence-electron chi connectivity index (χ1n) is 5.68. The summed E-state index contributed by atoms with van der Waals surface area (Å²) >= 11 is 0. The highest BCUT2D eigenvalue weighted by atomic mass is 31.2. The number of aromatic amines is 1. The molecule has 0 fully saturated rings. The van der Waals surface area contributed by atoms with Gasteiger partial charge in [0, 0.05) is 18.9 Å². The van der Waals surface area contributed by atoms with Crippen molar-refractivity contribution >= 4 is 7.60 Å². The van der Waals surface area contributed by atoms with Crippen LogP contribution in [0.5, 0.6) is 0 Å². The molecule has 0 aromatic carbocycles. The quantitative estimate of drug-likeness (QED) is 0.551. The summed E-state index contributed by atoms with van der Waals surface area (Å²) in [6.07, 6.45) is -0.140. The number of hydrogen-bond donors (Lipinski definition) is 3. The fraction of sp³-hybridized carbons (Fsp3) is 0.600. The highest BCUT2D eigenvalue weighted by Gasteiger charge is 2.19. The van der Waals surface area contributed by atoms with Crippen molar-refractivity contribution in [3.63, 3.8) is 0 Å². The molecule has 10 heteroatoms. The molecule has 1 aromatic heterocycles. The molecule has 1 rings (SSSR count). The van der Waals surface area contributed by atoms with E-state index in [9.17, 15) is 14.2 Å². The Morgan fingerprint density at radius 2 is 2.10 bits per heavy atom. The van der Waals surface area contributed by atoms with Gasteiger partial charge in [-0.05, 0) is 6.92 Å². The summed E-state index contributed by atoms with van der Waals surface area (Å²) in [5.74, 6) is 0. The molecule has 9 nitrogen and oxygen atoms in total. The zero-order chi connectivity index (χ0) is 15.3. The second-order valence-electron chi connectivity index (χ2n) is 4.26. The van der Waals surface area contributed by atoms with Crippen molar-refractivity contribution in [1.29, 1.82) is 0 Å². The monoisotopic (exact) mass is 308 g/mol. The van der Waals surface area contributed by atoms with Gasteiger partial charge in [0.25, 0.3) is 5.56 Å². The third-order valence-electron chi connectivity index (χ3n) is 2.42. The summed E-state index contributed by atoms with van der Waals surface area (Å²) < 4.78 is 21.9. The van der Waals surface area contributed by atoms with Gasteiger partial charge < -0.3 is 19.3 Å². The predicted molar refractivity (Wildman–Crippen MR) is 69.7 cm³/mol. The zero-order valence-electron chi connectivity index (χ0n) is 11.1. The average Bonchev–Trinajstić information content (AvgIpc) is 2.32. The molecule has 0 unspecified atom stereocenters. The van der Waals surface area contributed by atoms with E-state index in [2.05, 4.69) is 4.98 Å². The van der Waals surface area contributed by atoms with Crippen LogP contribution in [0.3, 0.4) is 0 Å². The SMILES string of the molecule is COC[C@@H](Cn1cc(C)c(=O)[nH]c1=O)OCP(=O)(O)O. The molecule has 3 N–H and O–H groups in total. The van der Waals surface area contributed by atoms with Crippen molar-refractivity contribution in [3.8, 4) is 0 Å². The largest absolute Gasteiger partial charge is 0.382 e. The number of aryl methyl sites for hydroxylation is 1. The Kier molecular flexibility index (Phi) is 5.85. The van der Waals surface area contributed by atoms with Gasteiger partial charge in [0.1, 0.15) is 6.35 Å². The van der Waals surface area contributed by atoms with Crippen molar-refractivity contribution in [1.82, 2.24) is 9.55 Å². The van der Waals surface area contributed by atoms with E-state index < -0.39 is 31.3 Å². The Hall–Kier alpha value is -1.25. The van der Waals surface area contributed by atoms with Crippen LogP contribution in [0, 0.1) is 6.92 Å². The summed E-state index contributed by atoms with van der Waals surface area (Å²) in [5.41, 5.74) is -0.761. The van der Waals surface area contributed by atoms with E-state index in [1.807, 2.05) is 0 Å². The van der Waals surface area contributed by atoms with Crippen LogP contribution in [-0.2, 0) is 20.6 Å². The van der Waals surface area contributed by atoms with Gasteiger partial charge in [-0.3, -0.25) is 18.9 Å². The van der Waals surface area contributed by atoms with Gasteiger partial charge in [0.05, 0.1) is 19.3 Å². The maximum Gasteiger partial charge on any atom is 0.350 e. The highest BCUT2D eigenvalue weighted by Crippen LogP contribution is 2.34. The molecule has 0 aliphatic rings. The summed E-state index contributed by atoms with van der Waals surface area (Å²) in [6.45, 7) is 1.59. The Balaban J connectivity index is 2.85. The van der Waals surface area contributed by atoms with Crippen LogP contribution in [0.15, 0.2) is 15.8 Å². The fourth-order valence-electron chi connectivity index (χ4n) is 1.52. The molecule has 0 amide bonds. The number of nitrogens with one attached hydrogen (secondary N) is 1. The van der Waals surface area contributed by atoms with E-state index in [0.29, 0.717) is 5.56 Å². The number of hydrogen-bond acceptors (Lipinski definition) is 5. The van der Waals surface area contributed by atoms with E-state index >= 15 is 0 Å². The predicted octanol–water partition coefficient (Wildman–Crippen LogP) is -0.988. The number of nitrogens with zero attached hydrogens (tertiary/aromatic N) is 1. The molecular formula is C10H17N2O7P. The topological polar surface area (TPSA) is 131 Å². The van der Waals surface area contributed by atoms with Gasteiger partial charge in [0.2, 0.25) is 0 Å². The minimum absolute atomic E-state index is 0.00426. The lowest BCUT2D eigenvalue weighted by Crippen LogP contribution is -2.36. The molecule has 0 aliphatic heterocycles. The number of rotatable bonds is 7. The molecular weight excluding hydrogens is 291 g/mol. The van der Waals surface area contributed by atoms with Gasteiger partial charge in [0.15, 0.2) is 0 Å². The number of methoxy groups -OCH3 is 1. The maximum absolute atomic E-state index is 11.6. The molecule has 20 heavy (non-hydrogen) atoms. The van der Waals surface area contributed by atoms with Crippen LogP contribution < -0.4 is 11.2 Å².